The van der Waals surface area contributed by atoms with Gasteiger partial charge >= 0.3 is 0 Å². The minimum Gasteiger partial charge on any atom is -0.348 e. The number of primary sulfonamides is 1. The number of nitrogens with two attached hydrogens (primary N) is 1. The van der Waals surface area contributed by atoms with E-state index in [1.54, 1.807) is 0 Å². The van der Waals surface area contributed by atoms with Gasteiger partial charge in [0.1, 0.15) is 0 Å². The van der Waals surface area contributed by atoms with Crippen molar-refractivity contribution in [3.8, 4) is 0 Å². The zero-order valence-corrected chi connectivity index (χ0v) is 12.5. The van der Waals surface area contributed by atoms with Crippen molar-refractivity contribution in [3.05, 3.63) is 24.0 Å². The SMILES string of the molecule is CC[C@@H]1c2cccn2CCN1C(=O)CCCS(N)(=O)=O. The topological polar surface area (TPSA) is 85.4 Å². The van der Waals surface area contributed by atoms with E-state index < -0.39 is 10.0 Å². The molecule has 0 unspecified atom stereocenters. The molecule has 0 saturated heterocycles. The Labute approximate surface area is 119 Å². The van der Waals surface area contributed by atoms with Crippen LogP contribution >= 0.6 is 0 Å². The lowest BCUT2D eigenvalue weighted by atomic mass is 10.1. The van der Waals surface area contributed by atoms with E-state index in [2.05, 4.69) is 11.5 Å². The van der Waals surface area contributed by atoms with Crippen LogP contribution in [0.4, 0.5) is 0 Å². The molecule has 2 rings (SSSR count). The molecule has 6 nitrogen and oxygen atoms in total. The van der Waals surface area contributed by atoms with E-state index in [4.69, 9.17) is 5.14 Å². The Hall–Kier alpha value is -1.34. The third-order valence-corrected chi connectivity index (χ3v) is 4.55. The van der Waals surface area contributed by atoms with E-state index >= 15 is 0 Å². The number of sulfonamides is 1. The Kier molecular flexibility index (Phi) is 4.49. The maximum absolute atomic E-state index is 12.3. The van der Waals surface area contributed by atoms with Crippen LogP contribution in [0, 0.1) is 0 Å². The molecule has 0 aliphatic carbocycles. The minimum atomic E-state index is -3.48. The number of hydrogen-bond acceptors (Lipinski definition) is 3. The summed E-state index contributed by atoms with van der Waals surface area (Å²) in [5.74, 6) is -0.132. The molecule has 7 heteroatoms. The molecule has 0 spiro atoms. The third-order valence-electron chi connectivity index (χ3n) is 3.69. The van der Waals surface area contributed by atoms with Gasteiger partial charge in [-0.3, -0.25) is 4.79 Å². The van der Waals surface area contributed by atoms with E-state index in [-0.39, 0.29) is 30.5 Å². The average Bonchev–Trinajstić information content (AvgIpc) is 2.83. The lowest BCUT2D eigenvalue weighted by Gasteiger charge is -2.36. The number of aromatic nitrogens is 1. The maximum atomic E-state index is 12.3. The summed E-state index contributed by atoms with van der Waals surface area (Å²) in [6.45, 7) is 3.52. The van der Waals surface area contributed by atoms with Gasteiger partial charge in [0.15, 0.2) is 0 Å². The fraction of sp³-hybridized carbons (Fsp3) is 0.615. The summed E-state index contributed by atoms with van der Waals surface area (Å²) >= 11 is 0. The van der Waals surface area contributed by atoms with Gasteiger partial charge in [0, 0.05) is 31.4 Å². The van der Waals surface area contributed by atoms with Gasteiger partial charge in [0.05, 0.1) is 11.8 Å². The van der Waals surface area contributed by atoms with Gasteiger partial charge in [-0.1, -0.05) is 6.92 Å². The number of fused-ring (bicyclic) bond motifs is 1. The van der Waals surface area contributed by atoms with Crippen LogP contribution in [0.5, 0.6) is 0 Å². The molecule has 1 aromatic heterocycles. The zero-order chi connectivity index (χ0) is 14.8. The third kappa shape index (κ3) is 3.40. The Balaban J connectivity index is 2.00. The molecule has 0 fully saturated rings. The zero-order valence-electron chi connectivity index (χ0n) is 11.7. The van der Waals surface area contributed by atoms with Crippen molar-refractivity contribution in [1.29, 1.82) is 0 Å². The molecule has 1 aliphatic rings. The van der Waals surface area contributed by atoms with E-state index in [1.807, 2.05) is 23.2 Å². The van der Waals surface area contributed by atoms with Crippen molar-refractivity contribution in [2.24, 2.45) is 5.14 Å². The van der Waals surface area contributed by atoms with Crippen LogP contribution < -0.4 is 5.14 Å². The second kappa shape index (κ2) is 5.97. The van der Waals surface area contributed by atoms with Crippen LogP contribution in [-0.4, -0.2) is 36.1 Å². The molecule has 0 saturated carbocycles. The molecule has 20 heavy (non-hydrogen) atoms. The molecule has 2 heterocycles. The Morgan fingerprint density at radius 3 is 2.85 bits per heavy atom. The normalized spacial score (nSPS) is 18.9. The molecular weight excluding hydrogens is 278 g/mol. The smallest absolute Gasteiger partial charge is 0.223 e. The quantitative estimate of drug-likeness (QED) is 0.874. The number of nitrogens with zero attached hydrogens (tertiary/aromatic N) is 2. The fourth-order valence-electron chi connectivity index (χ4n) is 2.76. The first-order valence-electron chi connectivity index (χ1n) is 6.87. The highest BCUT2D eigenvalue weighted by Gasteiger charge is 2.29. The van der Waals surface area contributed by atoms with Crippen LogP contribution in [-0.2, 0) is 21.4 Å². The Morgan fingerprint density at radius 2 is 2.20 bits per heavy atom. The summed E-state index contributed by atoms with van der Waals surface area (Å²) in [5, 5.41) is 4.95. The first-order chi connectivity index (χ1) is 9.42. The Bertz CT molecular complexity index is 579. The molecule has 0 radical (unpaired) electrons. The van der Waals surface area contributed by atoms with Gasteiger partial charge < -0.3 is 9.47 Å². The number of rotatable bonds is 5. The molecule has 1 aliphatic heterocycles. The predicted octanol–water partition coefficient (Wildman–Crippen LogP) is 0.850. The molecule has 1 amide bonds. The van der Waals surface area contributed by atoms with Crippen molar-refractivity contribution in [1.82, 2.24) is 9.47 Å². The molecule has 0 bridgehead atoms. The minimum absolute atomic E-state index is 0.00736. The standard InChI is InChI=1S/C13H21N3O3S/c1-2-11-12-5-3-7-15(12)8-9-16(11)13(17)6-4-10-20(14,18)19/h3,5,7,11H,2,4,6,8-10H2,1H3,(H2,14,18,19)/t11-/m1/s1. The number of carbonyl (C=O) groups excluding carboxylic acids is 1. The summed E-state index contributed by atoms with van der Waals surface area (Å²) in [7, 11) is -3.48. The molecular formula is C13H21N3O3S. The largest absolute Gasteiger partial charge is 0.348 e. The summed E-state index contributed by atoms with van der Waals surface area (Å²) in [6.07, 6.45) is 3.39. The molecule has 0 aromatic carbocycles. The monoisotopic (exact) mass is 299 g/mol. The van der Waals surface area contributed by atoms with Crippen molar-refractivity contribution < 1.29 is 13.2 Å². The highest BCUT2D eigenvalue weighted by molar-refractivity contribution is 7.89. The van der Waals surface area contributed by atoms with Crippen LogP contribution in [0.3, 0.4) is 0 Å². The van der Waals surface area contributed by atoms with Crippen molar-refractivity contribution in [3.63, 3.8) is 0 Å². The van der Waals surface area contributed by atoms with E-state index in [1.165, 1.54) is 0 Å². The van der Waals surface area contributed by atoms with E-state index in [0.29, 0.717) is 6.54 Å². The Morgan fingerprint density at radius 1 is 1.45 bits per heavy atom. The summed E-state index contributed by atoms with van der Waals surface area (Å²) < 4.78 is 23.9. The van der Waals surface area contributed by atoms with Crippen LogP contribution in [0.2, 0.25) is 0 Å². The van der Waals surface area contributed by atoms with Gasteiger partial charge in [0.2, 0.25) is 15.9 Å². The number of amides is 1. The second-order valence-corrected chi connectivity index (χ2v) is 6.84. The lowest BCUT2D eigenvalue weighted by molar-refractivity contribution is -0.134. The predicted molar refractivity (Wildman–Crippen MR) is 76.4 cm³/mol. The maximum Gasteiger partial charge on any atom is 0.223 e. The van der Waals surface area contributed by atoms with Crippen LogP contribution in [0.25, 0.3) is 0 Å². The van der Waals surface area contributed by atoms with Crippen LogP contribution in [0.15, 0.2) is 18.3 Å². The van der Waals surface area contributed by atoms with Gasteiger partial charge in [-0.05, 0) is 25.0 Å². The molecule has 2 N–H and O–H groups in total. The first-order valence-corrected chi connectivity index (χ1v) is 8.59. The number of carbonyl (C=O) groups is 1. The molecule has 1 atom stereocenters. The van der Waals surface area contributed by atoms with Gasteiger partial charge in [-0.15, -0.1) is 0 Å². The van der Waals surface area contributed by atoms with E-state index in [9.17, 15) is 13.2 Å². The van der Waals surface area contributed by atoms with Crippen molar-refractivity contribution >= 4 is 15.9 Å². The van der Waals surface area contributed by atoms with E-state index in [0.717, 1.165) is 18.7 Å². The van der Waals surface area contributed by atoms with Crippen molar-refractivity contribution in [2.45, 2.75) is 38.8 Å². The lowest BCUT2D eigenvalue weighted by Crippen LogP contribution is -2.41. The summed E-state index contributed by atoms with van der Waals surface area (Å²) in [4.78, 5) is 14.1. The second-order valence-electron chi connectivity index (χ2n) is 5.11. The summed E-state index contributed by atoms with van der Waals surface area (Å²) in [5.41, 5.74) is 1.15. The summed E-state index contributed by atoms with van der Waals surface area (Å²) in [6, 6.07) is 4.12. The van der Waals surface area contributed by atoms with Crippen molar-refractivity contribution in [2.75, 3.05) is 12.3 Å². The fourth-order valence-corrected chi connectivity index (χ4v) is 3.31. The first kappa shape index (κ1) is 15.1. The number of hydrogen-bond donors (Lipinski definition) is 1. The highest BCUT2D eigenvalue weighted by Crippen LogP contribution is 2.29. The average molecular weight is 299 g/mol. The van der Waals surface area contributed by atoms with Gasteiger partial charge in [-0.2, -0.15) is 0 Å². The molecule has 112 valence electrons. The molecule has 1 aromatic rings. The van der Waals surface area contributed by atoms with Gasteiger partial charge in [0.25, 0.3) is 0 Å². The highest BCUT2D eigenvalue weighted by atomic mass is 32.2. The van der Waals surface area contributed by atoms with Gasteiger partial charge in [-0.25, -0.2) is 13.6 Å². The van der Waals surface area contributed by atoms with Crippen LogP contribution in [0.1, 0.15) is 37.9 Å².